The molecule has 0 saturated carbocycles. The first-order valence-electron chi connectivity index (χ1n) is 9.08. The van der Waals surface area contributed by atoms with Crippen molar-refractivity contribution in [3.05, 3.63) is 35.4 Å². The van der Waals surface area contributed by atoms with Crippen LogP contribution in [0, 0.1) is 18.8 Å². The number of rotatable bonds is 8. The van der Waals surface area contributed by atoms with E-state index in [2.05, 4.69) is 13.8 Å². The Balaban J connectivity index is 3.01. The van der Waals surface area contributed by atoms with Crippen LogP contribution in [0.3, 0.4) is 0 Å². The summed E-state index contributed by atoms with van der Waals surface area (Å²) in [5.41, 5.74) is 2.20. The summed E-state index contributed by atoms with van der Waals surface area (Å²) in [7, 11) is 0. The van der Waals surface area contributed by atoms with Crippen molar-refractivity contribution in [3.8, 4) is 0 Å². The van der Waals surface area contributed by atoms with E-state index in [1.165, 1.54) is 17.3 Å². The van der Waals surface area contributed by atoms with Gasteiger partial charge in [0.15, 0.2) is 5.12 Å². The zero-order valence-electron chi connectivity index (χ0n) is 16.7. The normalized spacial score (nSPS) is 15.9. The highest BCUT2D eigenvalue weighted by Crippen LogP contribution is 2.33. The maximum Gasteiger partial charge on any atom is 0.192 e. The molecule has 0 bridgehead atoms. The van der Waals surface area contributed by atoms with Crippen molar-refractivity contribution in [3.63, 3.8) is 0 Å². The van der Waals surface area contributed by atoms with Crippen molar-refractivity contribution in [2.45, 2.75) is 71.8 Å². The monoisotopic (exact) mass is 366 g/mol. The van der Waals surface area contributed by atoms with Crippen molar-refractivity contribution in [2.75, 3.05) is 6.61 Å². The average Bonchev–Trinajstić information content (AvgIpc) is 2.49. The summed E-state index contributed by atoms with van der Waals surface area (Å²) in [5.74, 6) is 0.291. The van der Waals surface area contributed by atoms with Crippen molar-refractivity contribution >= 4 is 16.9 Å². The number of hydrogen-bond acceptors (Lipinski definition) is 4. The Morgan fingerprint density at radius 3 is 2.16 bits per heavy atom. The maximum absolute atomic E-state index is 12.5. The van der Waals surface area contributed by atoms with Crippen molar-refractivity contribution < 1.29 is 14.6 Å². The Morgan fingerprint density at radius 1 is 1.16 bits per heavy atom. The van der Waals surface area contributed by atoms with E-state index < -0.39 is 0 Å². The molecule has 3 nitrogen and oxygen atoms in total. The molecule has 1 rings (SSSR count). The molecule has 3 atom stereocenters. The predicted octanol–water partition coefficient (Wildman–Crippen LogP) is 5.15. The molecule has 1 aromatic rings. The quantitative estimate of drug-likeness (QED) is 0.691. The lowest BCUT2D eigenvalue weighted by Crippen LogP contribution is -2.32. The van der Waals surface area contributed by atoms with Gasteiger partial charge in [0.1, 0.15) is 0 Å². The Labute approximate surface area is 157 Å². The average molecular weight is 367 g/mol. The number of carbonyl (C=O) groups excluding carboxylic acids is 1. The van der Waals surface area contributed by atoms with Gasteiger partial charge in [0.05, 0.1) is 12.2 Å². The molecule has 1 N–H and O–H groups in total. The third kappa shape index (κ3) is 7.93. The number of aryl methyl sites for hydroxylation is 1. The third-order valence-corrected chi connectivity index (χ3v) is 5.06. The number of benzene rings is 1. The molecule has 142 valence electrons. The fourth-order valence-electron chi connectivity index (χ4n) is 2.80. The van der Waals surface area contributed by atoms with E-state index in [9.17, 15) is 9.90 Å². The molecule has 0 aromatic heterocycles. The standard InChI is InChI=1S/C21H34O3S/c1-14(2)20(16(4)13-22)24-18(12-19(23)25-21(5,6)7)17-10-8-15(3)9-11-17/h8-11,14,16,18,20,22H,12-13H2,1-7H3/t16?,18-,20?/m0/s1. The van der Waals surface area contributed by atoms with Gasteiger partial charge in [0, 0.05) is 23.7 Å². The zero-order chi connectivity index (χ0) is 19.2. The number of ether oxygens (including phenoxy) is 1. The fourth-order valence-corrected chi connectivity index (χ4v) is 3.72. The minimum atomic E-state index is -0.288. The lowest BCUT2D eigenvalue weighted by molar-refractivity contribution is -0.119. The summed E-state index contributed by atoms with van der Waals surface area (Å²) in [6.45, 7) is 14.4. The lowest BCUT2D eigenvalue weighted by Gasteiger charge is -2.31. The Bertz CT molecular complexity index is 531. The summed E-state index contributed by atoms with van der Waals surface area (Å²) in [5, 5.41) is 9.69. The van der Waals surface area contributed by atoms with Crippen LogP contribution in [-0.4, -0.2) is 27.7 Å². The Morgan fingerprint density at radius 2 is 1.72 bits per heavy atom. The van der Waals surface area contributed by atoms with Gasteiger partial charge < -0.3 is 9.84 Å². The molecule has 0 aliphatic heterocycles. The summed E-state index contributed by atoms with van der Waals surface area (Å²) >= 11 is 1.36. The van der Waals surface area contributed by atoms with Gasteiger partial charge >= 0.3 is 0 Å². The van der Waals surface area contributed by atoms with Crippen LogP contribution in [0.15, 0.2) is 24.3 Å². The van der Waals surface area contributed by atoms with E-state index >= 15 is 0 Å². The second-order valence-corrected chi connectivity index (χ2v) is 10.1. The van der Waals surface area contributed by atoms with Gasteiger partial charge in [0.2, 0.25) is 0 Å². The van der Waals surface area contributed by atoms with Gasteiger partial charge in [0.25, 0.3) is 0 Å². The highest BCUT2D eigenvalue weighted by molar-refractivity contribution is 8.14. The largest absolute Gasteiger partial charge is 0.396 e. The van der Waals surface area contributed by atoms with Gasteiger partial charge in [-0.05, 0) is 18.4 Å². The number of carbonyl (C=O) groups is 1. The highest BCUT2D eigenvalue weighted by atomic mass is 32.2. The Kier molecular flexibility index (Phi) is 8.66. The molecule has 25 heavy (non-hydrogen) atoms. The van der Waals surface area contributed by atoms with E-state index in [1.54, 1.807) is 0 Å². The second-order valence-electron chi connectivity index (χ2n) is 8.19. The SMILES string of the molecule is Cc1ccc([C@H](CC(=O)SC(C)(C)C)OC(C(C)C)C(C)CO)cc1. The second kappa shape index (κ2) is 9.75. The van der Waals surface area contributed by atoms with Gasteiger partial charge in [-0.2, -0.15) is 0 Å². The smallest absolute Gasteiger partial charge is 0.192 e. The van der Waals surface area contributed by atoms with Gasteiger partial charge in [-0.25, -0.2) is 0 Å². The molecule has 0 aliphatic carbocycles. The summed E-state index contributed by atoms with van der Waals surface area (Å²) in [6, 6.07) is 8.17. The minimum Gasteiger partial charge on any atom is -0.396 e. The third-order valence-electron chi connectivity index (χ3n) is 4.05. The zero-order valence-corrected chi connectivity index (χ0v) is 17.5. The van der Waals surface area contributed by atoms with Gasteiger partial charge in [-0.3, -0.25) is 4.79 Å². The predicted molar refractivity (Wildman–Crippen MR) is 107 cm³/mol. The molecule has 2 unspecified atom stereocenters. The summed E-state index contributed by atoms with van der Waals surface area (Å²) in [6.07, 6.45) is -0.0417. The van der Waals surface area contributed by atoms with E-state index in [0.29, 0.717) is 6.42 Å². The first-order valence-corrected chi connectivity index (χ1v) is 9.90. The number of aliphatic hydroxyl groups is 1. The van der Waals surface area contributed by atoms with E-state index in [-0.39, 0.29) is 40.5 Å². The molecule has 0 amide bonds. The molecule has 0 heterocycles. The van der Waals surface area contributed by atoms with Gasteiger partial charge in [-0.1, -0.05) is 83.1 Å². The molecule has 1 aromatic carbocycles. The van der Waals surface area contributed by atoms with Gasteiger partial charge in [-0.15, -0.1) is 0 Å². The van der Waals surface area contributed by atoms with Crippen LogP contribution >= 0.6 is 11.8 Å². The number of thioether (sulfide) groups is 1. The van der Waals surface area contributed by atoms with Crippen LogP contribution in [0.2, 0.25) is 0 Å². The topological polar surface area (TPSA) is 46.5 Å². The fraction of sp³-hybridized carbons (Fsp3) is 0.667. The first kappa shape index (κ1) is 22.2. The molecule has 0 saturated heterocycles. The molecule has 0 fully saturated rings. The molecule has 4 heteroatoms. The van der Waals surface area contributed by atoms with Crippen molar-refractivity contribution in [1.82, 2.24) is 0 Å². The van der Waals surface area contributed by atoms with E-state index in [0.717, 1.165) is 5.56 Å². The van der Waals surface area contributed by atoms with Crippen molar-refractivity contribution in [2.24, 2.45) is 11.8 Å². The first-order chi connectivity index (χ1) is 11.5. The van der Waals surface area contributed by atoms with Crippen LogP contribution in [-0.2, 0) is 9.53 Å². The number of hydrogen-bond donors (Lipinski definition) is 1. The van der Waals surface area contributed by atoms with Crippen LogP contribution in [0.4, 0.5) is 0 Å². The lowest BCUT2D eigenvalue weighted by atomic mass is 9.94. The minimum absolute atomic E-state index is 0.0262. The molecular formula is C21H34O3S. The summed E-state index contributed by atoms with van der Waals surface area (Å²) < 4.78 is 6.28. The molecule has 0 spiro atoms. The summed E-state index contributed by atoms with van der Waals surface area (Å²) in [4.78, 5) is 12.5. The van der Waals surface area contributed by atoms with Crippen LogP contribution in [0.5, 0.6) is 0 Å². The van der Waals surface area contributed by atoms with E-state index in [1.807, 2.05) is 58.9 Å². The van der Waals surface area contributed by atoms with Crippen LogP contribution < -0.4 is 0 Å². The highest BCUT2D eigenvalue weighted by Gasteiger charge is 2.28. The number of aliphatic hydroxyl groups excluding tert-OH is 1. The van der Waals surface area contributed by atoms with E-state index in [4.69, 9.17) is 4.74 Å². The van der Waals surface area contributed by atoms with Crippen molar-refractivity contribution in [1.29, 1.82) is 0 Å². The molecule has 0 radical (unpaired) electrons. The molecule has 0 aliphatic rings. The molecular weight excluding hydrogens is 332 g/mol. The van der Waals surface area contributed by atoms with Crippen LogP contribution in [0.1, 0.15) is 65.2 Å². The maximum atomic E-state index is 12.5. The van der Waals surface area contributed by atoms with Crippen LogP contribution in [0.25, 0.3) is 0 Å². The Hall–Kier alpha value is -0.840.